The van der Waals surface area contributed by atoms with Crippen LogP contribution in [0, 0.1) is 12.7 Å². The molecule has 0 saturated carbocycles. The number of rotatable bonds is 8. The average Bonchev–Trinajstić information content (AvgIpc) is 2.88. The number of anilines is 2. The van der Waals surface area contributed by atoms with Crippen molar-refractivity contribution in [2.45, 2.75) is 44.0 Å². The highest BCUT2D eigenvalue weighted by Crippen LogP contribution is 2.27. The first-order valence-electron chi connectivity index (χ1n) is 12.2. The summed E-state index contributed by atoms with van der Waals surface area (Å²) in [6, 6.07) is 19.5. The minimum absolute atomic E-state index is 0.00879. The number of aryl methyl sites for hydroxylation is 1. The first kappa shape index (κ1) is 25.7. The number of amides is 1. The zero-order valence-corrected chi connectivity index (χ0v) is 21.5. The normalized spacial score (nSPS) is 14.8. The summed E-state index contributed by atoms with van der Waals surface area (Å²) in [5.41, 5.74) is 2.78. The molecule has 1 unspecified atom stereocenters. The Labute approximate surface area is 212 Å². The number of hydrogen-bond donors (Lipinski definition) is 1. The molecule has 3 aromatic carbocycles. The number of nitrogens with zero attached hydrogens (tertiary/aromatic N) is 2. The van der Waals surface area contributed by atoms with Crippen LogP contribution in [0.5, 0.6) is 0 Å². The van der Waals surface area contributed by atoms with Crippen LogP contribution in [-0.4, -0.2) is 34.0 Å². The number of benzene rings is 3. The molecule has 1 heterocycles. The molecule has 36 heavy (non-hydrogen) atoms. The summed E-state index contributed by atoms with van der Waals surface area (Å²) in [5.74, 6) is -1.25. The number of sulfonamides is 1. The minimum atomic E-state index is -4.18. The Morgan fingerprint density at radius 2 is 1.61 bits per heavy atom. The van der Waals surface area contributed by atoms with Crippen molar-refractivity contribution >= 4 is 27.3 Å². The van der Waals surface area contributed by atoms with E-state index in [2.05, 4.69) is 22.3 Å². The standard InChI is InChI=1S/C28H32FN3O3S/c1-21-10-16-25(17-11-21)36(34,35)32(27-9-5-4-8-26(27)29)20-28(33)30-22(2)23-12-14-24(15-13-23)31-18-6-3-7-19-31/h4-5,8-17,22H,3,6-7,18-20H2,1-2H3,(H,30,33). The lowest BCUT2D eigenvalue weighted by molar-refractivity contribution is -0.120. The molecular formula is C28H32FN3O3S. The zero-order chi connectivity index (χ0) is 25.7. The van der Waals surface area contributed by atoms with Gasteiger partial charge in [0.05, 0.1) is 16.6 Å². The molecule has 1 aliphatic heterocycles. The second kappa shape index (κ2) is 11.1. The predicted octanol–water partition coefficient (Wildman–Crippen LogP) is 5.20. The molecule has 4 rings (SSSR count). The van der Waals surface area contributed by atoms with Crippen molar-refractivity contribution in [1.29, 1.82) is 0 Å². The van der Waals surface area contributed by atoms with E-state index < -0.39 is 28.3 Å². The van der Waals surface area contributed by atoms with Gasteiger partial charge in [-0.15, -0.1) is 0 Å². The molecule has 1 fully saturated rings. The molecule has 0 spiro atoms. The van der Waals surface area contributed by atoms with E-state index in [-0.39, 0.29) is 16.6 Å². The summed E-state index contributed by atoms with van der Waals surface area (Å²) in [4.78, 5) is 15.4. The Morgan fingerprint density at radius 1 is 0.972 bits per heavy atom. The molecule has 0 bridgehead atoms. The fourth-order valence-corrected chi connectivity index (χ4v) is 5.85. The Hall–Kier alpha value is -3.39. The highest BCUT2D eigenvalue weighted by Gasteiger charge is 2.29. The molecule has 3 aromatic rings. The smallest absolute Gasteiger partial charge is 0.264 e. The quantitative estimate of drug-likeness (QED) is 0.453. The van der Waals surface area contributed by atoms with E-state index >= 15 is 0 Å². The SMILES string of the molecule is Cc1ccc(S(=O)(=O)N(CC(=O)NC(C)c2ccc(N3CCCCC3)cc2)c2ccccc2F)cc1. The highest BCUT2D eigenvalue weighted by atomic mass is 32.2. The molecule has 6 nitrogen and oxygen atoms in total. The first-order valence-corrected chi connectivity index (χ1v) is 13.7. The van der Waals surface area contributed by atoms with Crippen LogP contribution in [0.3, 0.4) is 0 Å². The minimum Gasteiger partial charge on any atom is -0.372 e. The van der Waals surface area contributed by atoms with Crippen molar-refractivity contribution in [3.63, 3.8) is 0 Å². The van der Waals surface area contributed by atoms with Crippen LogP contribution in [0.1, 0.15) is 43.4 Å². The largest absolute Gasteiger partial charge is 0.372 e. The summed E-state index contributed by atoms with van der Waals surface area (Å²) < 4.78 is 42.4. The van der Waals surface area contributed by atoms with Gasteiger partial charge in [0.25, 0.3) is 10.0 Å². The van der Waals surface area contributed by atoms with Crippen molar-refractivity contribution in [2.75, 3.05) is 28.8 Å². The molecule has 0 aromatic heterocycles. The lowest BCUT2D eigenvalue weighted by Crippen LogP contribution is -2.42. The van der Waals surface area contributed by atoms with Gasteiger partial charge in [-0.1, -0.05) is 42.0 Å². The van der Waals surface area contributed by atoms with Crippen molar-refractivity contribution in [2.24, 2.45) is 0 Å². The number of para-hydroxylation sites is 1. The molecule has 1 atom stereocenters. The van der Waals surface area contributed by atoms with Crippen LogP contribution in [-0.2, 0) is 14.8 Å². The van der Waals surface area contributed by atoms with Crippen molar-refractivity contribution in [3.8, 4) is 0 Å². The van der Waals surface area contributed by atoms with Gasteiger partial charge in [-0.25, -0.2) is 12.8 Å². The lowest BCUT2D eigenvalue weighted by Gasteiger charge is -2.29. The molecular weight excluding hydrogens is 477 g/mol. The van der Waals surface area contributed by atoms with Gasteiger partial charge in [-0.2, -0.15) is 0 Å². The number of carbonyl (C=O) groups excluding carboxylic acids is 1. The van der Waals surface area contributed by atoms with E-state index in [4.69, 9.17) is 0 Å². The van der Waals surface area contributed by atoms with Crippen LogP contribution < -0.4 is 14.5 Å². The second-order valence-electron chi connectivity index (χ2n) is 9.20. The maximum atomic E-state index is 14.7. The third-order valence-electron chi connectivity index (χ3n) is 6.51. The van der Waals surface area contributed by atoms with Gasteiger partial charge in [0.2, 0.25) is 5.91 Å². The zero-order valence-electron chi connectivity index (χ0n) is 20.7. The van der Waals surface area contributed by atoms with Gasteiger partial charge in [0, 0.05) is 18.8 Å². The lowest BCUT2D eigenvalue weighted by atomic mass is 10.1. The topological polar surface area (TPSA) is 69.7 Å². The van der Waals surface area contributed by atoms with Gasteiger partial charge in [-0.05, 0) is 75.1 Å². The fourth-order valence-electron chi connectivity index (χ4n) is 4.42. The monoisotopic (exact) mass is 509 g/mol. The van der Waals surface area contributed by atoms with Crippen LogP contribution in [0.25, 0.3) is 0 Å². The Balaban J connectivity index is 1.51. The van der Waals surface area contributed by atoms with Crippen LogP contribution >= 0.6 is 0 Å². The van der Waals surface area contributed by atoms with E-state index in [0.717, 1.165) is 34.2 Å². The van der Waals surface area contributed by atoms with Crippen LogP contribution in [0.15, 0.2) is 77.7 Å². The van der Waals surface area contributed by atoms with Crippen molar-refractivity contribution in [3.05, 3.63) is 89.7 Å². The molecule has 1 saturated heterocycles. The van der Waals surface area contributed by atoms with E-state index in [9.17, 15) is 17.6 Å². The molecule has 1 amide bonds. The maximum Gasteiger partial charge on any atom is 0.264 e. The fraction of sp³-hybridized carbons (Fsp3) is 0.321. The third-order valence-corrected chi connectivity index (χ3v) is 8.28. The van der Waals surface area contributed by atoms with Gasteiger partial charge >= 0.3 is 0 Å². The van der Waals surface area contributed by atoms with Crippen LogP contribution in [0.4, 0.5) is 15.8 Å². The number of carbonyl (C=O) groups is 1. The summed E-state index contributed by atoms with van der Waals surface area (Å²) in [5, 5.41) is 2.87. The number of nitrogens with one attached hydrogen (secondary N) is 1. The van der Waals surface area contributed by atoms with Crippen molar-refractivity contribution in [1.82, 2.24) is 5.32 Å². The highest BCUT2D eigenvalue weighted by molar-refractivity contribution is 7.92. The number of hydrogen-bond acceptors (Lipinski definition) is 4. The maximum absolute atomic E-state index is 14.7. The van der Waals surface area contributed by atoms with E-state index in [1.165, 1.54) is 49.6 Å². The molecule has 0 radical (unpaired) electrons. The van der Waals surface area contributed by atoms with Crippen LogP contribution in [0.2, 0.25) is 0 Å². The average molecular weight is 510 g/mol. The summed E-state index contributed by atoms with van der Waals surface area (Å²) >= 11 is 0. The summed E-state index contributed by atoms with van der Waals surface area (Å²) in [6.07, 6.45) is 3.65. The number of piperidine rings is 1. The molecule has 0 aliphatic carbocycles. The summed E-state index contributed by atoms with van der Waals surface area (Å²) in [7, 11) is -4.18. The molecule has 1 aliphatic rings. The molecule has 1 N–H and O–H groups in total. The van der Waals surface area contributed by atoms with Gasteiger partial charge in [-0.3, -0.25) is 9.10 Å². The van der Waals surface area contributed by atoms with E-state index in [1.807, 2.05) is 26.0 Å². The van der Waals surface area contributed by atoms with Gasteiger partial charge in [0.1, 0.15) is 12.4 Å². The van der Waals surface area contributed by atoms with E-state index in [0.29, 0.717) is 0 Å². The summed E-state index contributed by atoms with van der Waals surface area (Å²) in [6.45, 7) is 5.24. The Bertz CT molecular complexity index is 1290. The number of halogens is 1. The first-order chi connectivity index (χ1) is 17.3. The van der Waals surface area contributed by atoms with Gasteiger partial charge < -0.3 is 10.2 Å². The predicted molar refractivity (Wildman–Crippen MR) is 141 cm³/mol. The Kier molecular flexibility index (Phi) is 7.94. The molecule has 190 valence electrons. The third kappa shape index (κ3) is 5.87. The van der Waals surface area contributed by atoms with Crippen molar-refractivity contribution < 1.29 is 17.6 Å². The second-order valence-corrected chi connectivity index (χ2v) is 11.1. The van der Waals surface area contributed by atoms with Gasteiger partial charge in [0.15, 0.2) is 0 Å². The Morgan fingerprint density at radius 3 is 2.25 bits per heavy atom. The van der Waals surface area contributed by atoms with E-state index in [1.54, 1.807) is 18.2 Å². The molecule has 8 heteroatoms.